The van der Waals surface area contributed by atoms with Crippen molar-refractivity contribution in [2.75, 3.05) is 55.4 Å². The minimum atomic E-state index is -4.66. The summed E-state index contributed by atoms with van der Waals surface area (Å²) < 4.78 is 70.6. The van der Waals surface area contributed by atoms with Gasteiger partial charge >= 0.3 is 6.18 Å². The Hall–Kier alpha value is -1.79. The molecule has 0 aromatic carbocycles. The minimum absolute atomic E-state index is 0.0242. The molecule has 0 saturated carbocycles. The van der Waals surface area contributed by atoms with Crippen LogP contribution in [0.15, 0.2) is 16.9 Å². The van der Waals surface area contributed by atoms with Gasteiger partial charge in [0.2, 0.25) is 10.0 Å². The van der Waals surface area contributed by atoms with Crippen LogP contribution in [-0.4, -0.2) is 81.6 Å². The van der Waals surface area contributed by atoms with Crippen molar-refractivity contribution in [3.8, 4) is 0 Å². The molecule has 1 aromatic heterocycles. The van der Waals surface area contributed by atoms with Crippen molar-refractivity contribution < 1.29 is 26.3 Å². The molecule has 3 rings (SSSR count). The number of pyridine rings is 1. The summed E-state index contributed by atoms with van der Waals surface area (Å²) in [5, 5.41) is 0. The third-order valence-corrected chi connectivity index (χ3v) is 6.28. The molecule has 0 radical (unpaired) electrons. The predicted octanol–water partition coefficient (Wildman–Crippen LogP) is 0.612. The molecular weight excluding hydrogens is 401 g/mol. The van der Waals surface area contributed by atoms with Gasteiger partial charge in [0.15, 0.2) is 0 Å². The quantitative estimate of drug-likeness (QED) is 0.766. The SMILES string of the molecule is C[C@@H]1COCCN1c1cc(N2CCN(S(C)(=O)=O)C[C@H]2C(F)(F)F)[nH]c(=O)c1. The molecule has 2 aliphatic heterocycles. The second-order valence-corrected chi connectivity index (χ2v) is 9.06. The van der Waals surface area contributed by atoms with E-state index >= 15 is 0 Å². The molecular formula is C16H23F3N4O4S. The summed E-state index contributed by atoms with van der Waals surface area (Å²) >= 11 is 0. The van der Waals surface area contributed by atoms with Crippen LogP contribution in [0.5, 0.6) is 0 Å². The average Bonchev–Trinajstić information content (AvgIpc) is 2.59. The van der Waals surface area contributed by atoms with E-state index in [4.69, 9.17) is 4.74 Å². The predicted molar refractivity (Wildman–Crippen MR) is 98.3 cm³/mol. The van der Waals surface area contributed by atoms with Crippen LogP contribution in [0.2, 0.25) is 0 Å². The number of piperazine rings is 1. The van der Waals surface area contributed by atoms with Gasteiger partial charge in [-0.05, 0) is 6.92 Å². The first-order valence-corrected chi connectivity index (χ1v) is 10.7. The molecule has 0 unspecified atom stereocenters. The zero-order chi connectivity index (χ0) is 20.7. The van der Waals surface area contributed by atoms with Crippen molar-refractivity contribution in [1.29, 1.82) is 0 Å². The number of hydrogen-bond acceptors (Lipinski definition) is 6. The topological polar surface area (TPSA) is 85.9 Å². The Labute approximate surface area is 160 Å². The lowest BCUT2D eigenvalue weighted by Crippen LogP contribution is -2.60. The number of sulfonamides is 1. The highest BCUT2D eigenvalue weighted by molar-refractivity contribution is 7.88. The van der Waals surface area contributed by atoms with Crippen LogP contribution in [0.4, 0.5) is 24.7 Å². The molecule has 3 heterocycles. The Kier molecular flexibility index (Phi) is 5.65. The van der Waals surface area contributed by atoms with E-state index in [0.29, 0.717) is 25.4 Å². The summed E-state index contributed by atoms with van der Waals surface area (Å²) in [5.41, 5.74) is -0.00123. The lowest BCUT2D eigenvalue weighted by atomic mass is 10.1. The number of rotatable bonds is 3. The highest BCUT2D eigenvalue weighted by Gasteiger charge is 2.48. The second kappa shape index (κ2) is 7.56. The van der Waals surface area contributed by atoms with Gasteiger partial charge < -0.3 is 19.5 Å². The molecule has 0 amide bonds. The maximum atomic E-state index is 13.7. The third kappa shape index (κ3) is 4.44. The average molecular weight is 424 g/mol. The Morgan fingerprint density at radius 2 is 1.89 bits per heavy atom. The first kappa shape index (κ1) is 20.9. The Balaban J connectivity index is 1.96. The summed E-state index contributed by atoms with van der Waals surface area (Å²) in [7, 11) is -3.75. The molecule has 0 spiro atoms. The largest absolute Gasteiger partial charge is 0.410 e. The van der Waals surface area contributed by atoms with Crippen molar-refractivity contribution in [2.45, 2.75) is 25.2 Å². The Morgan fingerprint density at radius 3 is 2.50 bits per heavy atom. The number of hydrogen-bond donors (Lipinski definition) is 1. The van der Waals surface area contributed by atoms with E-state index in [1.807, 2.05) is 11.8 Å². The van der Waals surface area contributed by atoms with Crippen LogP contribution in [0.3, 0.4) is 0 Å². The van der Waals surface area contributed by atoms with Crippen molar-refractivity contribution in [2.24, 2.45) is 0 Å². The number of alkyl halides is 3. The molecule has 1 aromatic rings. The first-order valence-electron chi connectivity index (χ1n) is 8.84. The number of halogens is 3. The molecule has 2 aliphatic rings. The van der Waals surface area contributed by atoms with Crippen LogP contribution in [0, 0.1) is 0 Å². The summed E-state index contributed by atoms with van der Waals surface area (Å²) in [6.45, 7) is 2.35. The second-order valence-electron chi connectivity index (χ2n) is 7.08. The van der Waals surface area contributed by atoms with E-state index in [1.54, 1.807) is 0 Å². The lowest BCUT2D eigenvalue weighted by Gasteiger charge is -2.42. The number of anilines is 2. The van der Waals surface area contributed by atoms with E-state index in [0.717, 1.165) is 15.5 Å². The monoisotopic (exact) mass is 424 g/mol. The van der Waals surface area contributed by atoms with Gasteiger partial charge in [-0.15, -0.1) is 0 Å². The molecule has 2 atom stereocenters. The van der Waals surface area contributed by atoms with Crippen LogP contribution < -0.4 is 15.4 Å². The fourth-order valence-electron chi connectivity index (χ4n) is 3.57. The first-order chi connectivity index (χ1) is 13.0. The molecule has 12 heteroatoms. The molecule has 8 nitrogen and oxygen atoms in total. The normalized spacial score (nSPS) is 25.2. The number of nitrogens with one attached hydrogen (secondary N) is 1. The van der Waals surface area contributed by atoms with E-state index in [9.17, 15) is 26.4 Å². The molecule has 0 bridgehead atoms. The van der Waals surface area contributed by atoms with Crippen molar-refractivity contribution in [1.82, 2.24) is 9.29 Å². The number of H-pyrrole nitrogens is 1. The molecule has 0 aliphatic carbocycles. The summed E-state index contributed by atoms with van der Waals surface area (Å²) in [6, 6.07) is 0.784. The molecule has 28 heavy (non-hydrogen) atoms. The van der Waals surface area contributed by atoms with Crippen LogP contribution in [0.1, 0.15) is 6.92 Å². The van der Waals surface area contributed by atoms with Gasteiger partial charge in [-0.2, -0.15) is 17.5 Å². The molecule has 1 N–H and O–H groups in total. The van der Waals surface area contributed by atoms with Crippen molar-refractivity contribution in [3.05, 3.63) is 22.5 Å². The maximum absolute atomic E-state index is 13.7. The summed E-state index contributed by atoms with van der Waals surface area (Å²) in [4.78, 5) is 17.6. The highest BCUT2D eigenvalue weighted by Crippen LogP contribution is 2.32. The fourth-order valence-corrected chi connectivity index (χ4v) is 4.40. The van der Waals surface area contributed by atoms with Gasteiger partial charge in [-0.3, -0.25) is 4.79 Å². The van der Waals surface area contributed by atoms with Crippen LogP contribution in [0.25, 0.3) is 0 Å². The number of aromatic amines is 1. The number of aromatic nitrogens is 1. The summed E-state index contributed by atoms with van der Waals surface area (Å²) in [6.07, 6.45) is -3.78. The maximum Gasteiger partial charge on any atom is 0.410 e. The van der Waals surface area contributed by atoms with Gasteiger partial charge in [0.1, 0.15) is 11.9 Å². The molecule has 2 saturated heterocycles. The van der Waals surface area contributed by atoms with E-state index in [1.165, 1.54) is 12.1 Å². The zero-order valence-corrected chi connectivity index (χ0v) is 16.4. The van der Waals surface area contributed by atoms with Gasteiger partial charge in [0.05, 0.1) is 19.5 Å². The number of morpholine rings is 1. The Bertz CT molecular complexity index is 873. The van der Waals surface area contributed by atoms with Gasteiger partial charge in [0.25, 0.3) is 5.56 Å². The van der Waals surface area contributed by atoms with Crippen molar-refractivity contribution >= 4 is 21.5 Å². The van der Waals surface area contributed by atoms with Crippen LogP contribution >= 0.6 is 0 Å². The third-order valence-electron chi connectivity index (χ3n) is 5.01. The van der Waals surface area contributed by atoms with E-state index < -0.39 is 34.3 Å². The van der Waals surface area contributed by atoms with E-state index in [2.05, 4.69) is 4.98 Å². The minimum Gasteiger partial charge on any atom is -0.377 e. The van der Waals surface area contributed by atoms with Gasteiger partial charge in [0, 0.05) is 50.0 Å². The zero-order valence-electron chi connectivity index (χ0n) is 15.6. The van der Waals surface area contributed by atoms with Crippen molar-refractivity contribution in [3.63, 3.8) is 0 Å². The molecule has 158 valence electrons. The molecule has 2 fully saturated rings. The van der Waals surface area contributed by atoms with Gasteiger partial charge in [-0.25, -0.2) is 8.42 Å². The van der Waals surface area contributed by atoms with Gasteiger partial charge in [-0.1, -0.05) is 0 Å². The fraction of sp³-hybridized carbons (Fsp3) is 0.688. The van der Waals surface area contributed by atoms with E-state index in [-0.39, 0.29) is 24.9 Å². The Morgan fingerprint density at radius 1 is 1.18 bits per heavy atom. The lowest BCUT2D eigenvalue weighted by molar-refractivity contribution is -0.153. The van der Waals surface area contributed by atoms with Crippen LogP contribution in [-0.2, 0) is 14.8 Å². The number of ether oxygens (including phenoxy) is 1. The summed E-state index contributed by atoms with van der Waals surface area (Å²) in [5.74, 6) is 0.0247. The number of nitrogens with zero attached hydrogens (tertiary/aromatic N) is 3. The highest BCUT2D eigenvalue weighted by atomic mass is 32.2. The standard InChI is InChI=1S/C16H23F3N4O4S/c1-11-10-27-6-5-22(11)12-7-14(20-15(24)8-12)23-4-3-21(28(2,25)26)9-13(23)16(17,18)19/h7-8,11,13H,3-6,9-10H2,1-2H3,(H,20,24)/t11-,13+/m1/s1. The smallest absolute Gasteiger partial charge is 0.377 e.